The third kappa shape index (κ3) is 3.47. The number of carbonyl (C=O) groups is 1. The normalized spacial score (nSPS) is 16.1. The summed E-state index contributed by atoms with van der Waals surface area (Å²) >= 11 is 3.50. The number of hydrogen-bond acceptors (Lipinski definition) is 5. The quantitative estimate of drug-likeness (QED) is 0.632. The van der Waals surface area contributed by atoms with Crippen molar-refractivity contribution >= 4 is 28.6 Å². The van der Waals surface area contributed by atoms with E-state index in [2.05, 4.69) is 29.0 Å². The molecule has 3 heterocycles. The van der Waals surface area contributed by atoms with Gasteiger partial charge in [-0.15, -0.1) is 22.7 Å². The molecule has 1 aliphatic rings. The SMILES string of the molecule is COc1ccc(CC(=O)N2CCc3sccc3[C@@H]2c2cccs2)cc1OC. The van der Waals surface area contributed by atoms with Crippen LogP contribution in [0.3, 0.4) is 0 Å². The molecule has 6 heteroatoms. The number of fused-ring (bicyclic) bond motifs is 1. The molecule has 0 aliphatic carbocycles. The number of hydrogen-bond donors (Lipinski definition) is 0. The summed E-state index contributed by atoms with van der Waals surface area (Å²) in [5.41, 5.74) is 2.20. The van der Waals surface area contributed by atoms with Gasteiger partial charge >= 0.3 is 0 Å². The lowest BCUT2D eigenvalue weighted by atomic mass is 9.97. The highest BCUT2D eigenvalue weighted by Crippen LogP contribution is 2.40. The highest BCUT2D eigenvalue weighted by molar-refractivity contribution is 7.10. The Hall–Kier alpha value is -2.31. The van der Waals surface area contributed by atoms with Crippen LogP contribution in [0.4, 0.5) is 0 Å². The lowest BCUT2D eigenvalue weighted by molar-refractivity contribution is -0.132. The van der Waals surface area contributed by atoms with Gasteiger partial charge in [0.15, 0.2) is 11.5 Å². The number of benzene rings is 1. The van der Waals surface area contributed by atoms with Crippen LogP contribution in [-0.2, 0) is 17.6 Å². The predicted molar refractivity (Wildman–Crippen MR) is 109 cm³/mol. The van der Waals surface area contributed by atoms with Gasteiger partial charge in [-0.1, -0.05) is 12.1 Å². The molecular weight excluding hydrogens is 378 g/mol. The first kappa shape index (κ1) is 18.1. The average Bonchev–Trinajstić information content (AvgIpc) is 3.38. The van der Waals surface area contributed by atoms with E-state index in [0.717, 1.165) is 18.5 Å². The number of carbonyl (C=O) groups excluding carboxylic acids is 1. The lowest BCUT2D eigenvalue weighted by Gasteiger charge is -2.35. The van der Waals surface area contributed by atoms with Gasteiger partial charge in [-0.2, -0.15) is 0 Å². The van der Waals surface area contributed by atoms with Gasteiger partial charge < -0.3 is 14.4 Å². The number of methoxy groups -OCH3 is 2. The van der Waals surface area contributed by atoms with Crippen LogP contribution in [0.25, 0.3) is 0 Å². The number of rotatable bonds is 5. The van der Waals surface area contributed by atoms with Gasteiger partial charge in [0.05, 0.1) is 26.7 Å². The van der Waals surface area contributed by atoms with Gasteiger partial charge in [0, 0.05) is 16.3 Å². The summed E-state index contributed by atoms with van der Waals surface area (Å²) in [6.45, 7) is 0.752. The second-order valence-corrected chi connectivity index (χ2v) is 8.40. The van der Waals surface area contributed by atoms with Crippen molar-refractivity contribution in [2.45, 2.75) is 18.9 Å². The average molecular weight is 400 g/mol. The number of nitrogens with zero attached hydrogens (tertiary/aromatic N) is 1. The Morgan fingerprint density at radius 3 is 2.70 bits per heavy atom. The molecule has 1 aromatic carbocycles. The van der Waals surface area contributed by atoms with E-state index >= 15 is 0 Å². The maximum atomic E-state index is 13.2. The van der Waals surface area contributed by atoms with E-state index in [1.54, 1.807) is 36.9 Å². The highest BCUT2D eigenvalue weighted by atomic mass is 32.1. The fraction of sp³-hybridized carbons (Fsp3) is 0.286. The van der Waals surface area contributed by atoms with Crippen molar-refractivity contribution in [2.24, 2.45) is 0 Å². The van der Waals surface area contributed by atoms with Crippen LogP contribution in [-0.4, -0.2) is 31.6 Å². The van der Waals surface area contributed by atoms with Crippen LogP contribution in [0.1, 0.15) is 26.9 Å². The van der Waals surface area contributed by atoms with E-state index in [0.29, 0.717) is 17.9 Å². The van der Waals surface area contributed by atoms with E-state index < -0.39 is 0 Å². The summed E-state index contributed by atoms with van der Waals surface area (Å²) in [6.07, 6.45) is 1.27. The van der Waals surface area contributed by atoms with Crippen molar-refractivity contribution in [1.82, 2.24) is 4.90 Å². The van der Waals surface area contributed by atoms with Crippen molar-refractivity contribution in [3.63, 3.8) is 0 Å². The molecule has 0 fully saturated rings. The molecule has 4 nitrogen and oxygen atoms in total. The molecule has 140 valence electrons. The zero-order valence-electron chi connectivity index (χ0n) is 15.3. The molecule has 0 spiro atoms. The van der Waals surface area contributed by atoms with Gasteiger partial charge in [0.25, 0.3) is 0 Å². The Bertz CT molecular complexity index is 933. The van der Waals surface area contributed by atoms with Gasteiger partial charge in [0.1, 0.15) is 0 Å². The highest BCUT2D eigenvalue weighted by Gasteiger charge is 2.33. The van der Waals surface area contributed by atoms with Gasteiger partial charge in [-0.05, 0) is 52.6 Å². The van der Waals surface area contributed by atoms with Crippen LogP contribution in [0.2, 0.25) is 0 Å². The topological polar surface area (TPSA) is 38.8 Å². The Balaban J connectivity index is 1.61. The first-order valence-corrected chi connectivity index (χ1v) is 10.6. The molecule has 2 aromatic heterocycles. The van der Waals surface area contributed by atoms with E-state index in [9.17, 15) is 4.79 Å². The van der Waals surface area contributed by atoms with Crippen molar-refractivity contribution in [3.05, 3.63) is 68.0 Å². The van der Waals surface area contributed by atoms with E-state index in [-0.39, 0.29) is 11.9 Å². The molecule has 0 radical (unpaired) electrons. The monoisotopic (exact) mass is 399 g/mol. The molecule has 0 saturated carbocycles. The van der Waals surface area contributed by atoms with E-state index in [1.165, 1.54) is 15.3 Å². The van der Waals surface area contributed by atoms with E-state index in [1.807, 2.05) is 23.1 Å². The summed E-state index contributed by atoms with van der Waals surface area (Å²) in [5.74, 6) is 1.46. The van der Waals surface area contributed by atoms with Crippen molar-refractivity contribution in [2.75, 3.05) is 20.8 Å². The Kier molecular flexibility index (Phi) is 5.18. The minimum atomic E-state index is 0.0210. The lowest BCUT2D eigenvalue weighted by Crippen LogP contribution is -2.40. The molecule has 27 heavy (non-hydrogen) atoms. The van der Waals surface area contributed by atoms with Crippen molar-refractivity contribution in [3.8, 4) is 11.5 Å². The second kappa shape index (κ2) is 7.74. The third-order valence-electron chi connectivity index (χ3n) is 4.90. The third-order valence-corrected chi connectivity index (χ3v) is 6.82. The Labute approximate surface area is 167 Å². The molecule has 1 atom stereocenters. The van der Waals surface area contributed by atoms with Gasteiger partial charge in [0.2, 0.25) is 5.91 Å². The van der Waals surface area contributed by atoms with Crippen LogP contribution < -0.4 is 9.47 Å². The molecular formula is C21H21NO3S2. The largest absolute Gasteiger partial charge is 0.493 e. The van der Waals surface area contributed by atoms with Crippen molar-refractivity contribution < 1.29 is 14.3 Å². The smallest absolute Gasteiger partial charge is 0.227 e. The number of amides is 1. The summed E-state index contributed by atoms with van der Waals surface area (Å²) in [7, 11) is 3.22. The molecule has 0 unspecified atom stereocenters. The standard InChI is InChI=1S/C21H21NO3S2/c1-24-16-6-5-14(12-17(16)25-2)13-20(23)22-9-7-18-15(8-11-27-18)21(22)19-4-3-10-26-19/h3-6,8,10-12,21H,7,9,13H2,1-2H3/t21-/m1/s1. The second-order valence-electron chi connectivity index (χ2n) is 6.42. The Morgan fingerprint density at radius 1 is 1.11 bits per heavy atom. The maximum Gasteiger partial charge on any atom is 0.227 e. The first-order valence-electron chi connectivity index (χ1n) is 8.81. The van der Waals surface area contributed by atoms with Crippen LogP contribution in [0.15, 0.2) is 47.2 Å². The first-order chi connectivity index (χ1) is 13.2. The zero-order chi connectivity index (χ0) is 18.8. The fourth-order valence-electron chi connectivity index (χ4n) is 3.61. The summed E-state index contributed by atoms with van der Waals surface area (Å²) in [5, 5.41) is 4.21. The zero-order valence-corrected chi connectivity index (χ0v) is 16.9. The molecule has 3 aromatic rings. The summed E-state index contributed by atoms with van der Waals surface area (Å²) in [6, 6.07) is 12.0. The fourth-order valence-corrected chi connectivity index (χ4v) is 5.36. The molecule has 1 aliphatic heterocycles. The number of ether oxygens (including phenoxy) is 2. The minimum Gasteiger partial charge on any atom is -0.493 e. The number of thiophene rings is 2. The summed E-state index contributed by atoms with van der Waals surface area (Å²) < 4.78 is 10.7. The van der Waals surface area contributed by atoms with Gasteiger partial charge in [-0.3, -0.25) is 4.79 Å². The van der Waals surface area contributed by atoms with Crippen molar-refractivity contribution in [1.29, 1.82) is 0 Å². The van der Waals surface area contributed by atoms with Crippen LogP contribution in [0, 0.1) is 0 Å². The molecule has 4 rings (SSSR count). The van der Waals surface area contributed by atoms with Crippen LogP contribution in [0.5, 0.6) is 11.5 Å². The minimum absolute atomic E-state index is 0.0210. The molecule has 0 N–H and O–H groups in total. The maximum absolute atomic E-state index is 13.2. The molecule has 0 bridgehead atoms. The summed E-state index contributed by atoms with van der Waals surface area (Å²) in [4.78, 5) is 17.9. The molecule has 1 amide bonds. The van der Waals surface area contributed by atoms with Gasteiger partial charge in [-0.25, -0.2) is 0 Å². The molecule has 0 saturated heterocycles. The predicted octanol–water partition coefficient (Wildman–Crippen LogP) is 4.54. The van der Waals surface area contributed by atoms with Crippen LogP contribution >= 0.6 is 22.7 Å². The Morgan fingerprint density at radius 2 is 1.96 bits per heavy atom. The van der Waals surface area contributed by atoms with E-state index in [4.69, 9.17) is 9.47 Å².